The van der Waals surface area contributed by atoms with Crippen LogP contribution in [0.4, 0.5) is 10.1 Å². The molecule has 0 fully saturated rings. The van der Waals surface area contributed by atoms with Crippen molar-refractivity contribution in [2.45, 2.75) is 6.42 Å². The van der Waals surface area contributed by atoms with E-state index in [1.807, 2.05) is 0 Å². The van der Waals surface area contributed by atoms with Gasteiger partial charge in [0.2, 0.25) is 0 Å². The van der Waals surface area contributed by atoms with Gasteiger partial charge in [0.15, 0.2) is 0 Å². The molecule has 0 aliphatic heterocycles. The van der Waals surface area contributed by atoms with Gasteiger partial charge in [-0.1, -0.05) is 29.8 Å². The summed E-state index contributed by atoms with van der Waals surface area (Å²) < 4.78 is 12.9. The summed E-state index contributed by atoms with van der Waals surface area (Å²) in [7, 11) is 0. The van der Waals surface area contributed by atoms with E-state index in [0.29, 0.717) is 34.1 Å². The largest absolute Gasteiger partial charge is 0.352 e. The van der Waals surface area contributed by atoms with Gasteiger partial charge in [-0.3, -0.25) is 9.59 Å². The van der Waals surface area contributed by atoms with E-state index in [0.717, 1.165) is 5.56 Å². The van der Waals surface area contributed by atoms with Crippen molar-refractivity contribution in [3.8, 4) is 0 Å². The predicted octanol–water partition coefficient (Wildman–Crippen LogP) is 4.77. The number of thiophene rings is 1. The quantitative estimate of drug-likeness (QED) is 0.624. The number of hydrogen-bond donors (Lipinski definition) is 2. The Labute approximate surface area is 165 Å². The third kappa shape index (κ3) is 5.15. The van der Waals surface area contributed by atoms with Crippen molar-refractivity contribution in [1.82, 2.24) is 5.32 Å². The second-order valence-corrected chi connectivity index (χ2v) is 7.14. The second-order valence-electron chi connectivity index (χ2n) is 5.75. The van der Waals surface area contributed by atoms with E-state index in [1.54, 1.807) is 47.8 Å². The Morgan fingerprint density at radius 3 is 2.52 bits per heavy atom. The molecule has 0 aliphatic carbocycles. The third-order valence-corrected chi connectivity index (χ3v) is 4.94. The molecule has 2 amide bonds. The molecule has 2 N–H and O–H groups in total. The van der Waals surface area contributed by atoms with Crippen LogP contribution in [0.5, 0.6) is 0 Å². The summed E-state index contributed by atoms with van der Waals surface area (Å²) in [4.78, 5) is 25.3. The molecule has 4 nitrogen and oxygen atoms in total. The summed E-state index contributed by atoms with van der Waals surface area (Å²) in [6.45, 7) is 0.380. The van der Waals surface area contributed by atoms with E-state index in [-0.39, 0.29) is 17.6 Å². The number of nitrogens with one attached hydrogen (secondary N) is 2. The van der Waals surface area contributed by atoms with Gasteiger partial charge >= 0.3 is 0 Å². The normalized spacial score (nSPS) is 10.4. The van der Waals surface area contributed by atoms with E-state index >= 15 is 0 Å². The zero-order valence-electron chi connectivity index (χ0n) is 14.2. The molecule has 1 aromatic heterocycles. The standard InChI is InChI=1S/C20H16ClFN2O2S/c21-14-5-8-16(17(12-14)24-20(26)18-2-1-11-27-18)19(25)23-10-9-13-3-6-15(22)7-4-13/h1-8,11-12H,9-10H2,(H,23,25)(H,24,26). The summed E-state index contributed by atoms with van der Waals surface area (Å²) in [5, 5.41) is 7.76. The van der Waals surface area contributed by atoms with Crippen LogP contribution in [0.25, 0.3) is 0 Å². The van der Waals surface area contributed by atoms with Crippen molar-refractivity contribution >= 4 is 40.4 Å². The van der Waals surface area contributed by atoms with E-state index < -0.39 is 0 Å². The summed E-state index contributed by atoms with van der Waals surface area (Å²) in [6, 6.07) is 14.3. The number of amides is 2. The summed E-state index contributed by atoms with van der Waals surface area (Å²) in [6.07, 6.45) is 0.566. The molecule has 0 saturated carbocycles. The van der Waals surface area contributed by atoms with Gasteiger partial charge in [-0.15, -0.1) is 11.3 Å². The van der Waals surface area contributed by atoms with Crippen molar-refractivity contribution in [3.05, 3.63) is 86.8 Å². The molecule has 0 unspecified atom stereocenters. The van der Waals surface area contributed by atoms with Gasteiger partial charge in [0.25, 0.3) is 11.8 Å². The fourth-order valence-electron chi connectivity index (χ4n) is 2.48. The van der Waals surface area contributed by atoms with Crippen LogP contribution in [0.2, 0.25) is 5.02 Å². The summed E-state index contributed by atoms with van der Waals surface area (Å²) in [5.41, 5.74) is 1.59. The van der Waals surface area contributed by atoms with Crippen molar-refractivity contribution in [3.63, 3.8) is 0 Å². The van der Waals surface area contributed by atoms with E-state index in [4.69, 9.17) is 11.6 Å². The Morgan fingerprint density at radius 2 is 1.81 bits per heavy atom. The summed E-state index contributed by atoms with van der Waals surface area (Å²) >= 11 is 7.32. The topological polar surface area (TPSA) is 58.2 Å². The maximum Gasteiger partial charge on any atom is 0.265 e. The van der Waals surface area contributed by atoms with Crippen LogP contribution >= 0.6 is 22.9 Å². The van der Waals surface area contributed by atoms with Crippen molar-refractivity contribution in [1.29, 1.82) is 0 Å². The first-order chi connectivity index (χ1) is 13.0. The first-order valence-corrected chi connectivity index (χ1v) is 9.46. The Kier molecular flexibility index (Phi) is 6.21. The number of benzene rings is 2. The molecule has 0 spiro atoms. The highest BCUT2D eigenvalue weighted by Gasteiger charge is 2.15. The van der Waals surface area contributed by atoms with Crippen LogP contribution in [-0.2, 0) is 6.42 Å². The molecule has 0 aliphatic rings. The van der Waals surface area contributed by atoms with Crippen LogP contribution in [0.15, 0.2) is 60.0 Å². The maximum atomic E-state index is 12.9. The first kappa shape index (κ1) is 19.1. The van der Waals surface area contributed by atoms with Crippen molar-refractivity contribution in [2.24, 2.45) is 0 Å². The second kappa shape index (κ2) is 8.79. The Bertz CT molecular complexity index is 943. The van der Waals surface area contributed by atoms with Crippen LogP contribution in [-0.4, -0.2) is 18.4 Å². The maximum absolute atomic E-state index is 12.9. The number of carbonyl (C=O) groups is 2. The van der Waals surface area contributed by atoms with Gasteiger partial charge in [-0.25, -0.2) is 4.39 Å². The molecule has 27 heavy (non-hydrogen) atoms. The zero-order valence-corrected chi connectivity index (χ0v) is 15.7. The molecular weight excluding hydrogens is 387 g/mol. The number of halogens is 2. The lowest BCUT2D eigenvalue weighted by Crippen LogP contribution is -2.27. The lowest BCUT2D eigenvalue weighted by Gasteiger charge is -2.12. The average Bonchev–Trinajstić information content (AvgIpc) is 3.18. The van der Waals surface area contributed by atoms with Crippen LogP contribution in [0.3, 0.4) is 0 Å². The highest BCUT2D eigenvalue weighted by molar-refractivity contribution is 7.12. The number of carbonyl (C=O) groups excluding carboxylic acids is 2. The molecule has 0 saturated heterocycles. The van der Waals surface area contributed by atoms with E-state index in [1.165, 1.54) is 23.5 Å². The predicted molar refractivity (Wildman–Crippen MR) is 106 cm³/mol. The molecule has 2 aromatic carbocycles. The summed E-state index contributed by atoms with van der Waals surface area (Å²) in [5.74, 6) is -0.919. The first-order valence-electron chi connectivity index (χ1n) is 8.20. The molecule has 0 bridgehead atoms. The fraction of sp³-hybridized carbons (Fsp3) is 0.100. The number of hydrogen-bond acceptors (Lipinski definition) is 3. The van der Waals surface area contributed by atoms with Crippen molar-refractivity contribution in [2.75, 3.05) is 11.9 Å². The zero-order chi connectivity index (χ0) is 19.2. The lowest BCUT2D eigenvalue weighted by atomic mass is 10.1. The Hall–Kier alpha value is -2.70. The molecule has 3 aromatic rings. The van der Waals surface area contributed by atoms with E-state index in [2.05, 4.69) is 10.6 Å². The van der Waals surface area contributed by atoms with Crippen molar-refractivity contribution < 1.29 is 14.0 Å². The molecular formula is C20H16ClFN2O2S. The fourth-order valence-corrected chi connectivity index (χ4v) is 3.27. The Morgan fingerprint density at radius 1 is 1.04 bits per heavy atom. The van der Waals surface area contributed by atoms with Gasteiger partial charge < -0.3 is 10.6 Å². The lowest BCUT2D eigenvalue weighted by molar-refractivity contribution is 0.0955. The van der Waals surface area contributed by atoms with Gasteiger partial charge in [0.1, 0.15) is 5.82 Å². The molecule has 138 valence electrons. The SMILES string of the molecule is O=C(Nc1cc(Cl)ccc1C(=O)NCCc1ccc(F)cc1)c1cccs1. The highest BCUT2D eigenvalue weighted by Crippen LogP contribution is 2.22. The van der Waals surface area contributed by atoms with Gasteiger partial charge in [0.05, 0.1) is 16.1 Å². The minimum absolute atomic E-state index is 0.296. The van der Waals surface area contributed by atoms with E-state index in [9.17, 15) is 14.0 Å². The van der Waals surface area contributed by atoms with Crippen LogP contribution in [0, 0.1) is 5.82 Å². The number of anilines is 1. The molecule has 3 rings (SSSR count). The smallest absolute Gasteiger partial charge is 0.265 e. The average molecular weight is 403 g/mol. The van der Waals surface area contributed by atoms with Gasteiger partial charge in [-0.2, -0.15) is 0 Å². The third-order valence-electron chi connectivity index (χ3n) is 3.83. The molecule has 0 radical (unpaired) electrons. The molecule has 0 atom stereocenters. The highest BCUT2D eigenvalue weighted by atomic mass is 35.5. The monoisotopic (exact) mass is 402 g/mol. The molecule has 1 heterocycles. The minimum Gasteiger partial charge on any atom is -0.352 e. The minimum atomic E-state index is -0.324. The number of rotatable bonds is 6. The Balaban J connectivity index is 1.66. The van der Waals surface area contributed by atoms with Crippen LogP contribution < -0.4 is 10.6 Å². The van der Waals surface area contributed by atoms with Gasteiger partial charge in [0, 0.05) is 11.6 Å². The van der Waals surface area contributed by atoms with Crippen LogP contribution in [0.1, 0.15) is 25.6 Å². The van der Waals surface area contributed by atoms with Gasteiger partial charge in [-0.05, 0) is 53.8 Å². The molecule has 7 heteroatoms.